The number of amides is 1. The zero-order valence-electron chi connectivity index (χ0n) is 20.3. The molecule has 3 aliphatic rings. The van der Waals surface area contributed by atoms with Gasteiger partial charge in [0.15, 0.2) is 5.84 Å². The molecule has 1 saturated carbocycles. The van der Waals surface area contributed by atoms with E-state index in [0.717, 1.165) is 17.8 Å². The van der Waals surface area contributed by atoms with Crippen LogP contribution in [0.3, 0.4) is 0 Å². The van der Waals surface area contributed by atoms with E-state index in [1.165, 1.54) is 32.1 Å². The summed E-state index contributed by atoms with van der Waals surface area (Å²) in [7, 11) is -1.45. The van der Waals surface area contributed by atoms with Crippen molar-refractivity contribution in [3.8, 4) is 0 Å². The standard InChI is InChI=1S/C27H34N4O3S/c1-30(22-10-3-2-4-11-22)19-21-9-5-7-13-24(21)28-27(32)20-15-17-31(18-16-20)26-23-12-6-8-14-25(23)35(33,34)29-26/h5-9,12-14,20,22H,2-4,10-11,15-19H2,1H3,(H,28,32). The van der Waals surface area contributed by atoms with Crippen molar-refractivity contribution in [3.05, 3.63) is 59.7 Å². The Morgan fingerprint density at radius 3 is 2.46 bits per heavy atom. The van der Waals surface area contributed by atoms with Gasteiger partial charge < -0.3 is 10.2 Å². The molecule has 186 valence electrons. The topological polar surface area (TPSA) is 82.1 Å². The predicted octanol–water partition coefficient (Wildman–Crippen LogP) is 4.25. The molecule has 35 heavy (non-hydrogen) atoms. The summed E-state index contributed by atoms with van der Waals surface area (Å²) in [6.07, 6.45) is 7.77. The third kappa shape index (κ3) is 5.14. The van der Waals surface area contributed by atoms with E-state index in [-0.39, 0.29) is 16.7 Å². The van der Waals surface area contributed by atoms with Crippen molar-refractivity contribution in [2.75, 3.05) is 25.5 Å². The van der Waals surface area contributed by atoms with E-state index in [9.17, 15) is 13.2 Å². The predicted molar refractivity (Wildman–Crippen MR) is 138 cm³/mol. The number of rotatable bonds is 5. The number of carbonyl (C=O) groups excluding carboxylic acids is 1. The molecule has 0 unspecified atom stereocenters. The van der Waals surface area contributed by atoms with Crippen molar-refractivity contribution in [1.82, 2.24) is 9.80 Å². The van der Waals surface area contributed by atoms with E-state index in [1.54, 1.807) is 18.2 Å². The molecule has 2 heterocycles. The molecular formula is C27H34N4O3S. The summed E-state index contributed by atoms with van der Waals surface area (Å²) in [6, 6.07) is 15.7. The highest BCUT2D eigenvalue weighted by molar-refractivity contribution is 7.90. The molecule has 0 bridgehead atoms. The number of anilines is 1. The number of fused-ring (bicyclic) bond motifs is 1. The maximum Gasteiger partial charge on any atom is 0.285 e. The monoisotopic (exact) mass is 494 g/mol. The van der Waals surface area contributed by atoms with Gasteiger partial charge >= 0.3 is 0 Å². The second-order valence-electron chi connectivity index (χ2n) is 10.0. The van der Waals surface area contributed by atoms with E-state index >= 15 is 0 Å². The van der Waals surface area contributed by atoms with Gasteiger partial charge in [-0.25, -0.2) is 0 Å². The minimum Gasteiger partial charge on any atom is -0.355 e. The molecule has 5 rings (SSSR count). The fourth-order valence-corrected chi connectivity index (χ4v) is 6.83. The smallest absolute Gasteiger partial charge is 0.285 e. The molecule has 1 N–H and O–H groups in total. The normalized spacial score (nSPS) is 20.5. The Morgan fingerprint density at radius 2 is 1.69 bits per heavy atom. The highest BCUT2D eigenvalue weighted by Gasteiger charge is 2.34. The number of nitrogens with zero attached hydrogens (tertiary/aromatic N) is 3. The number of amidine groups is 1. The van der Waals surface area contributed by atoms with Gasteiger partial charge in [0, 0.05) is 42.8 Å². The van der Waals surface area contributed by atoms with Crippen LogP contribution in [0.15, 0.2) is 57.8 Å². The zero-order chi connectivity index (χ0) is 24.4. The number of benzene rings is 2. The van der Waals surface area contributed by atoms with Gasteiger partial charge in [-0.3, -0.25) is 9.69 Å². The van der Waals surface area contributed by atoms with Crippen molar-refractivity contribution >= 4 is 27.5 Å². The minimum absolute atomic E-state index is 0.0406. The average Bonchev–Trinajstić information content (AvgIpc) is 3.16. The lowest BCUT2D eigenvalue weighted by Gasteiger charge is -2.33. The molecular weight excluding hydrogens is 460 g/mol. The van der Waals surface area contributed by atoms with E-state index in [2.05, 4.69) is 27.7 Å². The first-order valence-electron chi connectivity index (χ1n) is 12.7. The number of para-hydroxylation sites is 1. The largest absolute Gasteiger partial charge is 0.355 e. The summed E-state index contributed by atoms with van der Waals surface area (Å²) in [5.41, 5.74) is 2.70. The lowest BCUT2D eigenvalue weighted by Crippen LogP contribution is -2.41. The molecule has 8 heteroatoms. The summed E-state index contributed by atoms with van der Waals surface area (Å²) in [4.78, 5) is 17.9. The molecule has 1 aliphatic carbocycles. The van der Waals surface area contributed by atoms with Crippen LogP contribution in [-0.2, 0) is 21.4 Å². The van der Waals surface area contributed by atoms with Crippen LogP contribution >= 0.6 is 0 Å². The van der Waals surface area contributed by atoms with Crippen LogP contribution in [0.5, 0.6) is 0 Å². The summed E-state index contributed by atoms with van der Waals surface area (Å²) >= 11 is 0. The molecule has 0 atom stereocenters. The number of piperidine rings is 1. The number of hydrogen-bond donors (Lipinski definition) is 1. The van der Waals surface area contributed by atoms with E-state index < -0.39 is 10.0 Å². The maximum atomic E-state index is 13.2. The molecule has 2 aromatic carbocycles. The van der Waals surface area contributed by atoms with Crippen LogP contribution < -0.4 is 5.32 Å². The van der Waals surface area contributed by atoms with Crippen LogP contribution in [0.1, 0.15) is 56.1 Å². The number of hydrogen-bond acceptors (Lipinski definition) is 5. The van der Waals surface area contributed by atoms with E-state index in [0.29, 0.717) is 43.4 Å². The van der Waals surface area contributed by atoms with Crippen molar-refractivity contribution in [2.45, 2.75) is 62.4 Å². The van der Waals surface area contributed by atoms with Crippen molar-refractivity contribution < 1.29 is 13.2 Å². The van der Waals surface area contributed by atoms with Crippen LogP contribution in [0.4, 0.5) is 5.69 Å². The second-order valence-corrected chi connectivity index (χ2v) is 11.6. The van der Waals surface area contributed by atoms with Gasteiger partial charge in [-0.05, 0) is 56.5 Å². The van der Waals surface area contributed by atoms with Crippen LogP contribution in [0.25, 0.3) is 0 Å². The van der Waals surface area contributed by atoms with Crippen molar-refractivity contribution in [1.29, 1.82) is 0 Å². The van der Waals surface area contributed by atoms with Gasteiger partial charge in [0.2, 0.25) is 5.91 Å². The Morgan fingerprint density at radius 1 is 1.00 bits per heavy atom. The van der Waals surface area contributed by atoms with E-state index in [4.69, 9.17) is 0 Å². The molecule has 7 nitrogen and oxygen atoms in total. The Labute approximate surface area is 208 Å². The molecule has 0 aromatic heterocycles. The number of carbonyl (C=O) groups is 1. The number of likely N-dealkylation sites (tertiary alicyclic amines) is 1. The Bertz CT molecular complexity index is 1210. The Hall–Kier alpha value is -2.71. The third-order valence-corrected chi connectivity index (χ3v) is 9.00. The first kappa shape index (κ1) is 24.0. The summed E-state index contributed by atoms with van der Waals surface area (Å²) in [6.45, 7) is 2.03. The second kappa shape index (κ2) is 10.1. The van der Waals surface area contributed by atoms with Crippen LogP contribution in [0, 0.1) is 5.92 Å². The van der Waals surface area contributed by atoms with Gasteiger partial charge in [0.05, 0.1) is 0 Å². The lowest BCUT2D eigenvalue weighted by atomic mass is 9.94. The highest BCUT2D eigenvalue weighted by Crippen LogP contribution is 2.30. The van der Waals surface area contributed by atoms with E-state index in [1.807, 2.05) is 29.2 Å². The summed E-state index contributed by atoms with van der Waals surface area (Å²) < 4.78 is 28.9. The van der Waals surface area contributed by atoms with Crippen molar-refractivity contribution in [2.24, 2.45) is 10.3 Å². The Kier molecular flexibility index (Phi) is 6.93. The average molecular weight is 495 g/mol. The summed E-state index contributed by atoms with van der Waals surface area (Å²) in [5, 5.41) is 3.19. The fraction of sp³-hybridized carbons (Fsp3) is 0.481. The molecule has 0 radical (unpaired) electrons. The molecule has 1 saturated heterocycles. The number of sulfonamides is 1. The van der Waals surface area contributed by atoms with Crippen LogP contribution in [-0.4, -0.2) is 56.1 Å². The zero-order valence-corrected chi connectivity index (χ0v) is 21.1. The van der Waals surface area contributed by atoms with Crippen molar-refractivity contribution in [3.63, 3.8) is 0 Å². The molecule has 1 amide bonds. The number of nitrogens with one attached hydrogen (secondary N) is 1. The van der Waals surface area contributed by atoms with Gasteiger partial charge in [-0.15, -0.1) is 4.40 Å². The minimum atomic E-state index is -3.63. The summed E-state index contributed by atoms with van der Waals surface area (Å²) in [5.74, 6) is 0.443. The quantitative estimate of drug-likeness (QED) is 0.672. The lowest BCUT2D eigenvalue weighted by molar-refractivity contribution is -0.121. The Balaban J connectivity index is 1.20. The first-order valence-corrected chi connectivity index (χ1v) is 14.1. The van der Waals surface area contributed by atoms with Gasteiger partial charge in [0.1, 0.15) is 4.90 Å². The van der Waals surface area contributed by atoms with Gasteiger partial charge in [-0.1, -0.05) is 49.6 Å². The van der Waals surface area contributed by atoms with Gasteiger partial charge in [-0.2, -0.15) is 8.42 Å². The highest BCUT2D eigenvalue weighted by atomic mass is 32.2. The molecule has 0 spiro atoms. The van der Waals surface area contributed by atoms with Gasteiger partial charge in [0.25, 0.3) is 10.0 Å². The van der Waals surface area contributed by atoms with Crippen LogP contribution in [0.2, 0.25) is 0 Å². The SMILES string of the molecule is CN(Cc1ccccc1NC(=O)C1CCN(C2=NS(=O)(=O)c3ccccc32)CC1)C1CCCCC1. The first-order chi connectivity index (χ1) is 16.9. The fourth-order valence-electron chi connectivity index (χ4n) is 5.60. The molecule has 2 aliphatic heterocycles. The molecule has 2 fully saturated rings. The third-order valence-electron chi connectivity index (χ3n) is 7.67. The maximum absolute atomic E-state index is 13.2. The molecule has 2 aromatic rings.